The maximum atomic E-state index is 5.96. The summed E-state index contributed by atoms with van der Waals surface area (Å²) in [5, 5.41) is 2.54. The highest BCUT2D eigenvalue weighted by Crippen LogP contribution is 2.43. The molecule has 0 saturated heterocycles. The van der Waals surface area contributed by atoms with E-state index in [1.54, 1.807) is 0 Å². The summed E-state index contributed by atoms with van der Waals surface area (Å²) < 4.78 is 0. The maximum Gasteiger partial charge on any atom is 0.0450 e. The van der Waals surface area contributed by atoms with Crippen molar-refractivity contribution >= 4 is 10.8 Å². The van der Waals surface area contributed by atoms with E-state index in [4.69, 9.17) is 5.73 Å². The van der Waals surface area contributed by atoms with Gasteiger partial charge in [0.15, 0.2) is 0 Å². The number of hydrogen-bond acceptors (Lipinski definition) is 2. The minimum Gasteiger partial charge on any atom is -0.330 e. The van der Waals surface area contributed by atoms with Crippen molar-refractivity contribution in [2.45, 2.75) is 31.6 Å². The van der Waals surface area contributed by atoms with E-state index in [1.165, 1.54) is 35.6 Å². The molecule has 0 atom stereocenters. The Labute approximate surface area is 102 Å². The van der Waals surface area contributed by atoms with Crippen LogP contribution in [0.4, 0.5) is 0 Å². The van der Waals surface area contributed by atoms with Crippen molar-refractivity contribution in [3.63, 3.8) is 0 Å². The van der Waals surface area contributed by atoms with E-state index in [9.17, 15) is 0 Å². The molecule has 2 N–H and O–H groups in total. The average molecular weight is 226 g/mol. The van der Waals surface area contributed by atoms with Gasteiger partial charge in [-0.25, -0.2) is 0 Å². The summed E-state index contributed by atoms with van der Waals surface area (Å²) >= 11 is 0. The number of aryl methyl sites for hydroxylation is 1. The number of pyridine rings is 1. The largest absolute Gasteiger partial charge is 0.330 e. The molecule has 0 aliphatic heterocycles. The lowest BCUT2D eigenvalue weighted by Gasteiger charge is -2.41. The van der Waals surface area contributed by atoms with Crippen molar-refractivity contribution in [2.75, 3.05) is 6.54 Å². The fraction of sp³-hybridized carbons (Fsp3) is 0.400. The van der Waals surface area contributed by atoms with Gasteiger partial charge in [0.2, 0.25) is 0 Å². The molecule has 2 heteroatoms. The number of nitrogens with two attached hydrogens (primary N) is 1. The normalized spacial score (nSPS) is 18.0. The first-order valence-corrected chi connectivity index (χ1v) is 6.31. The fourth-order valence-corrected chi connectivity index (χ4v) is 2.87. The Morgan fingerprint density at radius 3 is 2.76 bits per heavy atom. The zero-order valence-electron chi connectivity index (χ0n) is 10.2. The van der Waals surface area contributed by atoms with E-state index in [0.29, 0.717) is 0 Å². The van der Waals surface area contributed by atoms with Crippen LogP contribution in [0.3, 0.4) is 0 Å². The highest BCUT2D eigenvalue weighted by Gasteiger charge is 2.37. The molecule has 0 radical (unpaired) electrons. The molecule has 1 aromatic heterocycles. The van der Waals surface area contributed by atoms with Gasteiger partial charge in [0.1, 0.15) is 0 Å². The molecule has 0 unspecified atom stereocenters. The third kappa shape index (κ3) is 1.55. The number of nitrogens with zero attached hydrogens (tertiary/aromatic N) is 1. The topological polar surface area (TPSA) is 38.9 Å². The Hall–Kier alpha value is -1.41. The number of benzene rings is 1. The van der Waals surface area contributed by atoms with E-state index in [0.717, 1.165) is 12.2 Å². The molecule has 0 spiro atoms. The van der Waals surface area contributed by atoms with Crippen molar-refractivity contribution in [1.29, 1.82) is 0 Å². The molecular formula is C15H18N2. The van der Waals surface area contributed by atoms with Crippen LogP contribution in [0.25, 0.3) is 10.8 Å². The Morgan fingerprint density at radius 2 is 2.12 bits per heavy atom. The molecule has 1 heterocycles. The van der Waals surface area contributed by atoms with Crippen LogP contribution >= 0.6 is 0 Å². The smallest absolute Gasteiger partial charge is 0.0450 e. The number of rotatable bonds is 2. The van der Waals surface area contributed by atoms with E-state index < -0.39 is 0 Å². The molecular weight excluding hydrogens is 208 g/mol. The Balaban J connectivity index is 2.14. The van der Waals surface area contributed by atoms with Gasteiger partial charge >= 0.3 is 0 Å². The number of fused-ring (bicyclic) bond motifs is 1. The molecule has 1 aliphatic rings. The molecule has 1 aliphatic carbocycles. The lowest BCUT2D eigenvalue weighted by molar-refractivity contribution is 0.253. The van der Waals surface area contributed by atoms with Gasteiger partial charge in [-0.05, 0) is 36.8 Å². The predicted octanol–water partition coefficient (Wildman–Crippen LogP) is 2.92. The molecule has 0 amide bonds. The quantitative estimate of drug-likeness (QED) is 0.855. The summed E-state index contributed by atoms with van der Waals surface area (Å²) in [6, 6.07) is 8.83. The molecule has 1 saturated carbocycles. The van der Waals surface area contributed by atoms with E-state index >= 15 is 0 Å². The summed E-state index contributed by atoms with van der Waals surface area (Å²) in [5.41, 5.74) is 8.73. The zero-order valence-corrected chi connectivity index (χ0v) is 10.2. The van der Waals surface area contributed by atoms with Crippen LogP contribution in [-0.4, -0.2) is 11.5 Å². The second-order valence-corrected chi connectivity index (χ2v) is 5.17. The molecule has 17 heavy (non-hydrogen) atoms. The van der Waals surface area contributed by atoms with Crippen LogP contribution in [0.1, 0.15) is 30.5 Å². The van der Waals surface area contributed by atoms with Crippen molar-refractivity contribution < 1.29 is 0 Å². The molecule has 1 aromatic carbocycles. The van der Waals surface area contributed by atoms with Crippen molar-refractivity contribution in [1.82, 2.24) is 4.98 Å². The summed E-state index contributed by atoms with van der Waals surface area (Å²) in [6.45, 7) is 2.83. The standard InChI is InChI=1S/C15H18N2/c1-11-14-4-3-13(9-12(14)5-8-17-11)15(10-16)6-2-7-15/h3-5,8-9H,2,6-7,10,16H2,1H3. The first-order valence-electron chi connectivity index (χ1n) is 6.31. The second kappa shape index (κ2) is 3.81. The third-order valence-electron chi connectivity index (χ3n) is 4.28. The summed E-state index contributed by atoms with van der Waals surface area (Å²) in [7, 11) is 0. The predicted molar refractivity (Wildman–Crippen MR) is 71.1 cm³/mol. The second-order valence-electron chi connectivity index (χ2n) is 5.17. The zero-order chi connectivity index (χ0) is 11.9. The molecule has 88 valence electrons. The van der Waals surface area contributed by atoms with Crippen LogP contribution in [0.15, 0.2) is 30.5 Å². The van der Waals surface area contributed by atoms with Gasteiger partial charge in [-0.2, -0.15) is 0 Å². The molecule has 2 nitrogen and oxygen atoms in total. The highest BCUT2D eigenvalue weighted by molar-refractivity contribution is 5.85. The average Bonchev–Trinajstić information content (AvgIpc) is 2.28. The Kier molecular flexibility index (Phi) is 2.40. The number of aromatic nitrogens is 1. The highest BCUT2D eigenvalue weighted by atomic mass is 14.7. The maximum absolute atomic E-state index is 5.96. The van der Waals surface area contributed by atoms with Gasteiger partial charge in [0, 0.05) is 29.2 Å². The van der Waals surface area contributed by atoms with E-state index in [2.05, 4.69) is 36.2 Å². The minimum atomic E-state index is 0.255. The van der Waals surface area contributed by atoms with Gasteiger partial charge in [0.25, 0.3) is 0 Å². The van der Waals surface area contributed by atoms with Crippen molar-refractivity contribution in [3.8, 4) is 0 Å². The third-order valence-corrected chi connectivity index (χ3v) is 4.28. The van der Waals surface area contributed by atoms with E-state index in [-0.39, 0.29) is 5.41 Å². The summed E-state index contributed by atoms with van der Waals surface area (Å²) in [5.74, 6) is 0. The molecule has 2 aromatic rings. The molecule has 1 fully saturated rings. The van der Waals surface area contributed by atoms with Gasteiger partial charge in [-0.15, -0.1) is 0 Å². The molecule has 3 rings (SSSR count). The van der Waals surface area contributed by atoms with Gasteiger partial charge in [0.05, 0.1) is 0 Å². The van der Waals surface area contributed by atoms with Crippen LogP contribution in [0.2, 0.25) is 0 Å². The summed E-state index contributed by atoms with van der Waals surface area (Å²) in [4.78, 5) is 4.33. The Morgan fingerprint density at radius 1 is 1.29 bits per heavy atom. The van der Waals surface area contributed by atoms with Crippen LogP contribution in [0, 0.1) is 6.92 Å². The Bertz CT molecular complexity index is 550. The van der Waals surface area contributed by atoms with Crippen molar-refractivity contribution in [3.05, 3.63) is 41.7 Å². The van der Waals surface area contributed by atoms with Crippen LogP contribution < -0.4 is 5.73 Å². The SMILES string of the molecule is Cc1nccc2cc(C3(CN)CCC3)ccc12. The fourth-order valence-electron chi connectivity index (χ4n) is 2.87. The minimum absolute atomic E-state index is 0.255. The lowest BCUT2D eigenvalue weighted by atomic mass is 9.64. The first kappa shape index (κ1) is 10.7. The van der Waals surface area contributed by atoms with Gasteiger partial charge in [-0.1, -0.05) is 24.6 Å². The van der Waals surface area contributed by atoms with Crippen LogP contribution in [0.5, 0.6) is 0 Å². The first-order chi connectivity index (χ1) is 8.25. The van der Waals surface area contributed by atoms with E-state index in [1.807, 2.05) is 6.20 Å². The van der Waals surface area contributed by atoms with Crippen molar-refractivity contribution in [2.24, 2.45) is 5.73 Å². The lowest BCUT2D eigenvalue weighted by Crippen LogP contribution is -2.41. The van der Waals surface area contributed by atoms with Gasteiger partial charge < -0.3 is 5.73 Å². The monoisotopic (exact) mass is 226 g/mol. The number of hydrogen-bond donors (Lipinski definition) is 1. The summed E-state index contributed by atoms with van der Waals surface area (Å²) in [6.07, 6.45) is 5.67. The molecule has 0 bridgehead atoms. The van der Waals surface area contributed by atoms with Gasteiger partial charge in [-0.3, -0.25) is 4.98 Å². The van der Waals surface area contributed by atoms with Crippen LogP contribution in [-0.2, 0) is 5.41 Å².